The molecule has 2 aliphatic heterocycles. The number of nitrogens with zero attached hydrogens (tertiary/aromatic N) is 1. The van der Waals surface area contributed by atoms with E-state index in [1.54, 1.807) is 13.0 Å². The lowest BCUT2D eigenvalue weighted by Crippen LogP contribution is -2.88. The number of fused-ring (bicyclic) bond motifs is 5. The fraction of sp³-hybridized carbons (Fsp3) is 0.564. The van der Waals surface area contributed by atoms with E-state index in [0.717, 1.165) is 27.7 Å². The highest BCUT2D eigenvalue weighted by Crippen LogP contribution is 2.69. The minimum atomic E-state index is -2.78. The standard InChI is InChI=1S/C39H45NO16/c1-18-19(2)33(46)54-30-27(44)31(55-34(47)23-12-9-8-10-13-23)38(17-50-20(3)41)32(53-22(5)43)28(52-21(4)42)25-29(45)39(38,37(30,7)49)56-36(25,6)16-51-35(48)24-14-11-15-40-26(18)24/h8-15,18-19,25,27-32,44-45,49H,16-17H2,1-7H3/t18-,19-,25+,27-,28+,29+,30-,31-,32+,36-,37+,38-,39-/m0/s1. The molecule has 4 bridgehead atoms. The lowest BCUT2D eigenvalue weighted by atomic mass is 9.45. The van der Waals surface area contributed by atoms with Gasteiger partial charge in [-0.15, -0.1) is 0 Å². The van der Waals surface area contributed by atoms with Crippen LogP contribution in [-0.2, 0) is 52.3 Å². The van der Waals surface area contributed by atoms with Crippen molar-refractivity contribution >= 4 is 35.8 Å². The highest BCUT2D eigenvalue weighted by atomic mass is 16.6. The van der Waals surface area contributed by atoms with Gasteiger partial charge in [0.1, 0.15) is 53.7 Å². The molecule has 6 rings (SSSR count). The summed E-state index contributed by atoms with van der Waals surface area (Å²) in [6, 6.07) is 10.4. The maximum absolute atomic E-state index is 14.2. The Balaban J connectivity index is 1.70. The molecule has 2 aromatic rings. The second kappa shape index (κ2) is 14.5. The molecule has 13 atom stereocenters. The molecule has 17 heteroatoms. The van der Waals surface area contributed by atoms with Gasteiger partial charge in [0, 0.05) is 32.9 Å². The number of aromatic nitrogens is 1. The summed E-state index contributed by atoms with van der Waals surface area (Å²) in [6.45, 7) is 6.86. The monoisotopic (exact) mass is 783 g/mol. The average molecular weight is 784 g/mol. The third-order valence-corrected chi connectivity index (χ3v) is 11.8. The highest BCUT2D eigenvalue weighted by molar-refractivity contribution is 5.91. The molecule has 1 aromatic heterocycles. The van der Waals surface area contributed by atoms with Crippen LogP contribution in [0.3, 0.4) is 0 Å². The molecule has 2 saturated carbocycles. The van der Waals surface area contributed by atoms with Gasteiger partial charge in [-0.3, -0.25) is 24.2 Å². The Morgan fingerprint density at radius 1 is 0.875 bits per heavy atom. The molecule has 3 fully saturated rings. The van der Waals surface area contributed by atoms with Crippen LogP contribution in [0.2, 0.25) is 0 Å². The van der Waals surface area contributed by atoms with Crippen LogP contribution in [0.4, 0.5) is 0 Å². The van der Waals surface area contributed by atoms with Gasteiger partial charge in [0.15, 0.2) is 12.2 Å². The van der Waals surface area contributed by atoms with Crippen LogP contribution >= 0.6 is 0 Å². The van der Waals surface area contributed by atoms with Gasteiger partial charge in [-0.25, -0.2) is 9.59 Å². The first kappa shape index (κ1) is 40.7. The second-order valence-corrected chi connectivity index (χ2v) is 15.3. The first-order chi connectivity index (χ1) is 26.2. The number of cyclic esters (lactones) is 1. The zero-order valence-corrected chi connectivity index (χ0v) is 31.8. The topological polar surface area (TPSA) is 241 Å². The molecular formula is C39H45NO16. The van der Waals surface area contributed by atoms with Crippen LogP contribution in [0.5, 0.6) is 0 Å². The van der Waals surface area contributed by atoms with Crippen LogP contribution in [0.1, 0.15) is 80.8 Å². The van der Waals surface area contributed by atoms with Crippen molar-refractivity contribution in [2.45, 2.75) is 108 Å². The van der Waals surface area contributed by atoms with Crippen molar-refractivity contribution in [1.82, 2.24) is 4.98 Å². The summed E-state index contributed by atoms with van der Waals surface area (Å²) in [5.41, 5.74) is -10.00. The molecule has 1 spiro atoms. The van der Waals surface area contributed by atoms with Crippen LogP contribution in [0, 0.1) is 17.3 Å². The quantitative estimate of drug-likeness (QED) is 0.275. The van der Waals surface area contributed by atoms with Gasteiger partial charge in [-0.05, 0) is 38.1 Å². The fourth-order valence-electron chi connectivity index (χ4n) is 9.25. The van der Waals surface area contributed by atoms with Gasteiger partial charge in [0.25, 0.3) is 0 Å². The van der Waals surface area contributed by atoms with Crippen molar-refractivity contribution in [3.05, 3.63) is 65.5 Å². The van der Waals surface area contributed by atoms with Crippen molar-refractivity contribution in [3.63, 3.8) is 0 Å². The maximum atomic E-state index is 14.2. The summed E-state index contributed by atoms with van der Waals surface area (Å²) in [4.78, 5) is 85.1. The molecule has 17 nitrogen and oxygen atoms in total. The summed E-state index contributed by atoms with van der Waals surface area (Å²) < 4.78 is 42.1. The molecule has 3 heterocycles. The SMILES string of the molecule is CC(=O)OC[C@]12[C@H](OC(C)=O)[C@H](OC(C)=O)[C@@H]3[C@@H](O)[C@@]14O[C@@]3(C)COC(=O)c1cccnc1[C@@H](C)[C@H](C)C(=O)O[C@@H]([C@H](O)[C@@H]2OC(=O)c1ccccc1)[C@@]4(C)O. The molecule has 1 saturated heterocycles. The summed E-state index contributed by atoms with van der Waals surface area (Å²) >= 11 is 0. The Hall–Kier alpha value is -4.97. The number of hydrogen-bond donors (Lipinski definition) is 3. The predicted molar refractivity (Wildman–Crippen MR) is 186 cm³/mol. The summed E-state index contributed by atoms with van der Waals surface area (Å²) in [5.74, 6) is -9.41. The molecule has 0 radical (unpaired) electrons. The van der Waals surface area contributed by atoms with Gasteiger partial charge in [-0.1, -0.05) is 32.0 Å². The Bertz CT molecular complexity index is 1920. The smallest absolute Gasteiger partial charge is 0.340 e. The van der Waals surface area contributed by atoms with E-state index < -0.39 is 126 Å². The van der Waals surface area contributed by atoms with Gasteiger partial charge in [0.2, 0.25) is 0 Å². The number of carbonyl (C=O) groups excluding carboxylic acids is 6. The van der Waals surface area contributed by atoms with Crippen molar-refractivity contribution in [2.24, 2.45) is 17.3 Å². The van der Waals surface area contributed by atoms with E-state index in [1.807, 2.05) is 0 Å². The first-order valence-corrected chi connectivity index (χ1v) is 18.1. The lowest BCUT2D eigenvalue weighted by molar-refractivity contribution is -0.385. The molecular weight excluding hydrogens is 738 g/mol. The van der Waals surface area contributed by atoms with Gasteiger partial charge in [-0.2, -0.15) is 0 Å². The molecule has 0 amide bonds. The third kappa shape index (κ3) is 6.11. The zero-order chi connectivity index (χ0) is 41.1. The van der Waals surface area contributed by atoms with Crippen LogP contribution in [0.15, 0.2) is 48.7 Å². The minimum Gasteiger partial charge on any atom is -0.465 e. The van der Waals surface area contributed by atoms with E-state index in [4.69, 9.17) is 33.2 Å². The summed E-state index contributed by atoms with van der Waals surface area (Å²) in [5, 5.41) is 38.4. The van der Waals surface area contributed by atoms with Crippen molar-refractivity contribution in [3.8, 4) is 0 Å². The number of rotatable bonds is 6. The Morgan fingerprint density at radius 2 is 1.54 bits per heavy atom. The van der Waals surface area contributed by atoms with Crippen molar-refractivity contribution in [2.75, 3.05) is 13.2 Å². The first-order valence-electron chi connectivity index (χ1n) is 18.1. The van der Waals surface area contributed by atoms with Crippen LogP contribution in [-0.4, -0.2) is 123 Å². The van der Waals surface area contributed by atoms with E-state index in [0.29, 0.717) is 0 Å². The number of ether oxygens (including phenoxy) is 7. The van der Waals surface area contributed by atoms with Crippen LogP contribution < -0.4 is 0 Å². The molecule has 0 unspecified atom stereocenters. The number of aliphatic hydroxyl groups is 3. The largest absolute Gasteiger partial charge is 0.465 e. The third-order valence-electron chi connectivity index (χ3n) is 11.8. The van der Waals surface area contributed by atoms with Gasteiger partial charge >= 0.3 is 35.8 Å². The lowest BCUT2D eigenvalue weighted by Gasteiger charge is -2.67. The van der Waals surface area contributed by atoms with Crippen molar-refractivity contribution in [1.29, 1.82) is 0 Å². The van der Waals surface area contributed by atoms with Gasteiger partial charge in [0.05, 0.1) is 34.8 Å². The second-order valence-electron chi connectivity index (χ2n) is 15.3. The van der Waals surface area contributed by atoms with Crippen molar-refractivity contribution < 1.29 is 77.2 Å². The molecule has 4 aliphatic rings. The number of pyridine rings is 1. The van der Waals surface area contributed by atoms with E-state index >= 15 is 0 Å². The average Bonchev–Trinajstić information content (AvgIpc) is 3.35. The Morgan fingerprint density at radius 3 is 2.16 bits per heavy atom. The van der Waals surface area contributed by atoms with E-state index in [-0.39, 0.29) is 16.8 Å². The van der Waals surface area contributed by atoms with Gasteiger partial charge < -0.3 is 48.5 Å². The van der Waals surface area contributed by atoms with Crippen LogP contribution in [0.25, 0.3) is 0 Å². The van der Waals surface area contributed by atoms with E-state index in [9.17, 15) is 44.1 Å². The number of esters is 6. The Labute approximate surface area is 321 Å². The predicted octanol–water partition coefficient (Wildman–Crippen LogP) is 1.19. The van der Waals surface area contributed by atoms with E-state index in [2.05, 4.69) is 4.98 Å². The number of aliphatic hydroxyl groups excluding tert-OH is 2. The zero-order valence-electron chi connectivity index (χ0n) is 31.8. The molecule has 3 N–H and O–H groups in total. The summed E-state index contributed by atoms with van der Waals surface area (Å²) in [6.07, 6.45) is -10.9. The molecule has 56 heavy (non-hydrogen) atoms. The maximum Gasteiger partial charge on any atom is 0.340 e. The highest BCUT2D eigenvalue weighted by Gasteiger charge is 2.90. The molecule has 2 aliphatic carbocycles. The minimum absolute atomic E-state index is 0.0152. The number of benzene rings is 1. The number of hydrogen-bond acceptors (Lipinski definition) is 17. The summed E-state index contributed by atoms with van der Waals surface area (Å²) in [7, 11) is 0. The molecule has 1 aromatic carbocycles. The van der Waals surface area contributed by atoms with E-state index in [1.165, 1.54) is 56.4 Å². The number of carbonyl (C=O) groups is 6. The Kier molecular flexibility index (Phi) is 10.5. The fourth-order valence-corrected chi connectivity index (χ4v) is 9.25. The molecule has 302 valence electrons. The normalized spacial score (nSPS) is 38.9.